The van der Waals surface area contributed by atoms with E-state index in [1.54, 1.807) is 6.20 Å². The number of amides is 1. The molecular weight excluding hydrogens is 320 g/mol. The SMILES string of the molecule is O=C(NC(c1ccccc1)c1ccccn1)c1ccc2ccccc2c1. The van der Waals surface area contributed by atoms with E-state index in [1.807, 2.05) is 91.0 Å². The largest absolute Gasteiger partial charge is 0.340 e. The molecule has 3 aromatic carbocycles. The van der Waals surface area contributed by atoms with Crippen molar-refractivity contribution in [3.05, 3.63) is 114 Å². The molecule has 0 bridgehead atoms. The van der Waals surface area contributed by atoms with Crippen molar-refractivity contribution in [2.75, 3.05) is 0 Å². The highest BCUT2D eigenvalue weighted by Gasteiger charge is 2.18. The molecule has 1 unspecified atom stereocenters. The van der Waals surface area contributed by atoms with E-state index >= 15 is 0 Å². The summed E-state index contributed by atoms with van der Waals surface area (Å²) in [5.41, 5.74) is 2.45. The summed E-state index contributed by atoms with van der Waals surface area (Å²) in [5, 5.41) is 5.30. The lowest BCUT2D eigenvalue weighted by Gasteiger charge is -2.19. The number of fused-ring (bicyclic) bond motifs is 1. The number of nitrogens with zero attached hydrogens (tertiary/aromatic N) is 1. The molecule has 1 heterocycles. The fourth-order valence-corrected chi connectivity index (χ4v) is 3.07. The van der Waals surface area contributed by atoms with Crippen LogP contribution in [0.1, 0.15) is 27.7 Å². The summed E-state index contributed by atoms with van der Waals surface area (Å²) >= 11 is 0. The summed E-state index contributed by atoms with van der Waals surface area (Å²) in [5.74, 6) is -0.116. The van der Waals surface area contributed by atoms with Crippen LogP contribution in [0.15, 0.2) is 97.2 Å². The van der Waals surface area contributed by atoms with Gasteiger partial charge in [0.2, 0.25) is 0 Å². The van der Waals surface area contributed by atoms with Gasteiger partial charge < -0.3 is 5.32 Å². The predicted molar refractivity (Wildman–Crippen MR) is 104 cm³/mol. The fraction of sp³-hybridized carbons (Fsp3) is 0.0435. The fourth-order valence-electron chi connectivity index (χ4n) is 3.07. The summed E-state index contributed by atoms with van der Waals surface area (Å²) in [6.45, 7) is 0. The lowest BCUT2D eigenvalue weighted by Crippen LogP contribution is -2.29. The molecule has 26 heavy (non-hydrogen) atoms. The highest BCUT2D eigenvalue weighted by atomic mass is 16.1. The van der Waals surface area contributed by atoms with Crippen molar-refractivity contribution in [3.8, 4) is 0 Å². The smallest absolute Gasteiger partial charge is 0.252 e. The van der Waals surface area contributed by atoms with E-state index in [-0.39, 0.29) is 11.9 Å². The third kappa shape index (κ3) is 3.33. The predicted octanol–water partition coefficient (Wildman–Crippen LogP) is 4.75. The third-order valence-corrected chi connectivity index (χ3v) is 4.40. The van der Waals surface area contributed by atoms with Gasteiger partial charge in [0.25, 0.3) is 5.91 Å². The molecule has 1 aromatic heterocycles. The molecule has 0 aliphatic carbocycles. The highest BCUT2D eigenvalue weighted by molar-refractivity contribution is 5.98. The van der Waals surface area contributed by atoms with Gasteiger partial charge in [-0.25, -0.2) is 0 Å². The first-order chi connectivity index (χ1) is 12.8. The second-order valence-electron chi connectivity index (χ2n) is 6.13. The van der Waals surface area contributed by atoms with E-state index in [9.17, 15) is 4.79 Å². The van der Waals surface area contributed by atoms with Gasteiger partial charge in [-0.15, -0.1) is 0 Å². The molecule has 0 saturated heterocycles. The van der Waals surface area contributed by atoms with Crippen molar-refractivity contribution in [2.24, 2.45) is 0 Å². The normalized spacial score (nSPS) is 11.8. The zero-order chi connectivity index (χ0) is 17.8. The molecule has 3 heteroatoms. The molecule has 0 aliphatic rings. The number of hydrogen-bond acceptors (Lipinski definition) is 2. The van der Waals surface area contributed by atoms with E-state index in [1.165, 1.54) is 0 Å². The minimum Gasteiger partial charge on any atom is -0.340 e. The van der Waals surface area contributed by atoms with Gasteiger partial charge in [0.05, 0.1) is 11.7 Å². The summed E-state index contributed by atoms with van der Waals surface area (Å²) in [6, 6.07) is 29.1. The minimum atomic E-state index is -0.295. The molecule has 0 aliphatic heterocycles. The summed E-state index contributed by atoms with van der Waals surface area (Å²) in [4.78, 5) is 17.3. The van der Waals surface area contributed by atoms with Gasteiger partial charge in [-0.05, 0) is 40.6 Å². The number of aromatic nitrogens is 1. The number of pyridine rings is 1. The molecule has 1 amide bonds. The minimum absolute atomic E-state index is 0.116. The quantitative estimate of drug-likeness (QED) is 0.583. The topological polar surface area (TPSA) is 42.0 Å². The van der Waals surface area contributed by atoms with Gasteiger partial charge in [0.1, 0.15) is 0 Å². The molecule has 3 nitrogen and oxygen atoms in total. The van der Waals surface area contributed by atoms with Gasteiger partial charge in [-0.3, -0.25) is 9.78 Å². The first kappa shape index (κ1) is 16.0. The van der Waals surface area contributed by atoms with E-state index in [0.29, 0.717) is 5.56 Å². The van der Waals surface area contributed by atoms with Gasteiger partial charge in [0.15, 0.2) is 0 Å². The lowest BCUT2D eigenvalue weighted by atomic mass is 10.0. The standard InChI is InChI=1S/C23H18N2O/c26-23(20-14-13-17-8-4-5-11-19(17)16-20)25-22(18-9-2-1-3-10-18)21-12-6-7-15-24-21/h1-16,22H,(H,25,26). The van der Waals surface area contributed by atoms with E-state index < -0.39 is 0 Å². The Balaban J connectivity index is 1.67. The maximum absolute atomic E-state index is 12.9. The summed E-state index contributed by atoms with van der Waals surface area (Å²) in [7, 11) is 0. The Morgan fingerprint density at radius 1 is 0.769 bits per heavy atom. The van der Waals surface area contributed by atoms with Crippen LogP contribution in [-0.2, 0) is 0 Å². The molecule has 1 N–H and O–H groups in total. The molecule has 126 valence electrons. The Bertz CT molecular complexity index is 990. The second-order valence-corrected chi connectivity index (χ2v) is 6.13. The Morgan fingerprint density at radius 2 is 1.50 bits per heavy atom. The number of nitrogens with one attached hydrogen (secondary N) is 1. The third-order valence-electron chi connectivity index (χ3n) is 4.40. The number of benzene rings is 3. The van der Waals surface area contributed by atoms with Crippen LogP contribution in [0.5, 0.6) is 0 Å². The van der Waals surface area contributed by atoms with Gasteiger partial charge in [0, 0.05) is 11.8 Å². The van der Waals surface area contributed by atoms with Crippen molar-refractivity contribution < 1.29 is 4.79 Å². The second kappa shape index (κ2) is 7.19. The van der Waals surface area contributed by atoms with Crippen LogP contribution in [0.4, 0.5) is 0 Å². The maximum atomic E-state index is 12.9. The number of carbonyl (C=O) groups is 1. The highest BCUT2D eigenvalue weighted by Crippen LogP contribution is 2.21. The Morgan fingerprint density at radius 3 is 2.27 bits per heavy atom. The Labute approximate surface area is 152 Å². The molecule has 4 rings (SSSR count). The number of hydrogen-bond donors (Lipinski definition) is 1. The van der Waals surface area contributed by atoms with E-state index in [4.69, 9.17) is 0 Å². The molecule has 4 aromatic rings. The monoisotopic (exact) mass is 338 g/mol. The molecule has 0 spiro atoms. The Kier molecular flexibility index (Phi) is 4.44. The first-order valence-electron chi connectivity index (χ1n) is 8.57. The van der Waals surface area contributed by atoms with Crippen molar-refractivity contribution in [3.63, 3.8) is 0 Å². The van der Waals surface area contributed by atoms with Crippen LogP contribution in [0.3, 0.4) is 0 Å². The summed E-state index contributed by atoms with van der Waals surface area (Å²) in [6.07, 6.45) is 1.74. The van der Waals surface area contributed by atoms with E-state index in [0.717, 1.165) is 22.0 Å². The van der Waals surface area contributed by atoms with Crippen molar-refractivity contribution in [2.45, 2.75) is 6.04 Å². The van der Waals surface area contributed by atoms with Gasteiger partial charge >= 0.3 is 0 Å². The Hall–Kier alpha value is -3.46. The number of carbonyl (C=O) groups excluding carboxylic acids is 1. The van der Waals surface area contributed by atoms with Gasteiger partial charge in [-0.1, -0.05) is 66.7 Å². The van der Waals surface area contributed by atoms with Crippen molar-refractivity contribution in [1.82, 2.24) is 10.3 Å². The zero-order valence-corrected chi connectivity index (χ0v) is 14.2. The maximum Gasteiger partial charge on any atom is 0.252 e. The molecule has 0 fully saturated rings. The van der Waals surface area contributed by atoms with Crippen molar-refractivity contribution in [1.29, 1.82) is 0 Å². The zero-order valence-electron chi connectivity index (χ0n) is 14.2. The van der Waals surface area contributed by atoms with Crippen molar-refractivity contribution >= 4 is 16.7 Å². The van der Waals surface area contributed by atoms with Crippen LogP contribution < -0.4 is 5.32 Å². The molecule has 0 radical (unpaired) electrons. The summed E-state index contributed by atoms with van der Waals surface area (Å²) < 4.78 is 0. The van der Waals surface area contributed by atoms with Crippen LogP contribution in [-0.4, -0.2) is 10.9 Å². The lowest BCUT2D eigenvalue weighted by molar-refractivity contribution is 0.0942. The molecule has 0 saturated carbocycles. The first-order valence-corrected chi connectivity index (χ1v) is 8.57. The molecule has 1 atom stereocenters. The van der Waals surface area contributed by atoms with Crippen LogP contribution in [0.2, 0.25) is 0 Å². The van der Waals surface area contributed by atoms with E-state index in [2.05, 4.69) is 10.3 Å². The van der Waals surface area contributed by atoms with Crippen LogP contribution in [0.25, 0.3) is 10.8 Å². The van der Waals surface area contributed by atoms with Crippen LogP contribution in [0, 0.1) is 0 Å². The van der Waals surface area contributed by atoms with Gasteiger partial charge in [-0.2, -0.15) is 0 Å². The average Bonchev–Trinajstić information content (AvgIpc) is 2.72. The average molecular weight is 338 g/mol. The van der Waals surface area contributed by atoms with Crippen LogP contribution >= 0.6 is 0 Å². The molecular formula is C23H18N2O. The number of rotatable bonds is 4.